The van der Waals surface area contributed by atoms with E-state index in [0.717, 1.165) is 4.90 Å². The summed E-state index contributed by atoms with van der Waals surface area (Å²) in [7, 11) is -1.33. The minimum absolute atomic E-state index is 0.0752. The largest absolute Gasteiger partial charge is 0.468 e. The van der Waals surface area contributed by atoms with E-state index in [1.807, 2.05) is 36.4 Å². The Morgan fingerprint density at radius 2 is 1.80 bits per heavy atom. The van der Waals surface area contributed by atoms with Gasteiger partial charge in [0.15, 0.2) is 0 Å². The van der Waals surface area contributed by atoms with Crippen LogP contribution >= 0.6 is 0 Å². The molecular weight excluding hydrogens is 270 g/mol. The maximum atomic E-state index is 12.4. The Bertz CT molecular complexity index is 570. The summed E-state index contributed by atoms with van der Waals surface area (Å²) in [6.45, 7) is 7.58. The van der Waals surface area contributed by atoms with E-state index < -0.39 is 11.0 Å². The molecule has 4 heteroatoms. The Kier molecular flexibility index (Phi) is 5.09. The molecule has 104 valence electrons. The van der Waals surface area contributed by atoms with Crippen molar-refractivity contribution in [1.29, 1.82) is 0 Å². The van der Waals surface area contributed by atoms with E-state index in [-0.39, 0.29) is 12.0 Å². The first-order valence-electron chi connectivity index (χ1n) is 6.27. The monoisotopic (exact) mass is 287 g/mol. The Morgan fingerprint density at radius 3 is 2.35 bits per heavy atom. The van der Waals surface area contributed by atoms with Crippen molar-refractivity contribution >= 4 is 11.0 Å². The van der Waals surface area contributed by atoms with Crippen LogP contribution in [0.4, 0.5) is 0 Å². The Morgan fingerprint density at radius 1 is 1.10 bits per heavy atom. The van der Waals surface area contributed by atoms with Gasteiger partial charge < -0.3 is 4.42 Å². The number of nitrogens with one attached hydrogen (secondary N) is 1. The molecule has 2 rings (SSSR count). The minimum Gasteiger partial charge on any atom is -0.468 e. The first kappa shape index (κ1) is 14.5. The summed E-state index contributed by atoms with van der Waals surface area (Å²) in [5, 5.41) is 0. The fourth-order valence-corrected chi connectivity index (χ4v) is 2.93. The molecule has 0 saturated heterocycles. The van der Waals surface area contributed by atoms with Crippen LogP contribution in [-0.2, 0) is 11.0 Å². The van der Waals surface area contributed by atoms with Gasteiger partial charge in [-0.2, -0.15) is 0 Å². The molecule has 2 atom stereocenters. The molecule has 0 saturated carbocycles. The number of benzene rings is 1. The zero-order chi connectivity index (χ0) is 14.4. The average Bonchev–Trinajstić information content (AvgIpc) is 3.02. The third-order valence-corrected chi connectivity index (χ3v) is 4.14. The topological polar surface area (TPSA) is 42.2 Å². The number of rotatable bonds is 7. The van der Waals surface area contributed by atoms with Gasteiger partial charge in [-0.15, -0.1) is 13.2 Å². The molecule has 0 radical (unpaired) electrons. The van der Waals surface area contributed by atoms with E-state index in [4.69, 9.17) is 4.42 Å². The van der Waals surface area contributed by atoms with Gasteiger partial charge in [0, 0.05) is 5.92 Å². The molecule has 2 aromatic rings. The Balaban J connectivity index is 2.22. The highest BCUT2D eigenvalue weighted by Gasteiger charge is 2.23. The van der Waals surface area contributed by atoms with Gasteiger partial charge in [-0.1, -0.05) is 30.4 Å². The van der Waals surface area contributed by atoms with E-state index in [1.54, 1.807) is 24.5 Å². The van der Waals surface area contributed by atoms with Crippen molar-refractivity contribution in [1.82, 2.24) is 4.72 Å². The predicted molar refractivity (Wildman–Crippen MR) is 81.3 cm³/mol. The van der Waals surface area contributed by atoms with Crippen molar-refractivity contribution in [3.8, 4) is 0 Å². The molecule has 0 aliphatic heterocycles. The highest BCUT2D eigenvalue weighted by molar-refractivity contribution is 7.83. The summed E-state index contributed by atoms with van der Waals surface area (Å²) < 4.78 is 20.9. The molecule has 0 fully saturated rings. The second-order valence-electron chi connectivity index (χ2n) is 4.24. The lowest BCUT2D eigenvalue weighted by atomic mass is 9.99. The summed E-state index contributed by atoms with van der Waals surface area (Å²) in [5.74, 6) is 0.632. The van der Waals surface area contributed by atoms with Gasteiger partial charge in [-0.05, 0) is 24.3 Å². The fourth-order valence-electron chi connectivity index (χ4n) is 1.89. The van der Waals surface area contributed by atoms with Gasteiger partial charge >= 0.3 is 0 Å². The molecule has 1 aromatic carbocycles. The lowest BCUT2D eigenvalue weighted by Gasteiger charge is -2.20. The molecule has 20 heavy (non-hydrogen) atoms. The predicted octanol–water partition coefficient (Wildman–Crippen LogP) is 3.62. The highest BCUT2D eigenvalue weighted by atomic mass is 32.2. The molecule has 0 aliphatic carbocycles. The van der Waals surface area contributed by atoms with Crippen LogP contribution in [0.15, 0.2) is 83.4 Å². The summed E-state index contributed by atoms with van der Waals surface area (Å²) in [4.78, 5) is 0.718. The summed E-state index contributed by atoms with van der Waals surface area (Å²) in [6, 6.07) is 12.6. The smallest absolute Gasteiger partial charge is 0.125 e. The van der Waals surface area contributed by atoms with Crippen LogP contribution in [-0.4, -0.2) is 4.21 Å². The highest BCUT2D eigenvalue weighted by Crippen LogP contribution is 2.25. The van der Waals surface area contributed by atoms with Crippen molar-refractivity contribution in [2.24, 2.45) is 5.92 Å². The van der Waals surface area contributed by atoms with Crippen LogP contribution in [0.25, 0.3) is 0 Å². The van der Waals surface area contributed by atoms with Crippen molar-refractivity contribution in [2.45, 2.75) is 10.9 Å². The van der Waals surface area contributed by atoms with Gasteiger partial charge in [-0.25, -0.2) is 8.93 Å². The first-order chi connectivity index (χ1) is 9.76. The molecule has 3 nitrogen and oxygen atoms in total. The van der Waals surface area contributed by atoms with Crippen LogP contribution < -0.4 is 4.72 Å². The van der Waals surface area contributed by atoms with Gasteiger partial charge in [0.05, 0.1) is 17.2 Å². The van der Waals surface area contributed by atoms with E-state index >= 15 is 0 Å². The van der Waals surface area contributed by atoms with E-state index in [0.29, 0.717) is 5.76 Å². The van der Waals surface area contributed by atoms with Gasteiger partial charge in [0.1, 0.15) is 16.7 Å². The molecular formula is C16H17NO2S. The SMILES string of the molecule is C=CC(C=C)[C@@H](NS(=O)c1ccccc1)c1ccco1. The third kappa shape index (κ3) is 3.35. The van der Waals surface area contributed by atoms with Crippen LogP contribution in [0.1, 0.15) is 11.8 Å². The Labute approximate surface area is 121 Å². The molecule has 1 heterocycles. The van der Waals surface area contributed by atoms with E-state index in [2.05, 4.69) is 17.9 Å². The lowest BCUT2D eigenvalue weighted by Crippen LogP contribution is -2.28. The van der Waals surface area contributed by atoms with Crippen LogP contribution in [0.3, 0.4) is 0 Å². The van der Waals surface area contributed by atoms with Crippen LogP contribution in [0.2, 0.25) is 0 Å². The first-order valence-corrected chi connectivity index (χ1v) is 7.42. The van der Waals surface area contributed by atoms with Crippen LogP contribution in [0.5, 0.6) is 0 Å². The molecule has 1 aromatic heterocycles. The lowest BCUT2D eigenvalue weighted by molar-refractivity contribution is 0.421. The van der Waals surface area contributed by atoms with E-state index in [1.165, 1.54) is 0 Å². The maximum absolute atomic E-state index is 12.4. The van der Waals surface area contributed by atoms with Crippen molar-refractivity contribution in [3.05, 3.63) is 79.8 Å². The van der Waals surface area contributed by atoms with Gasteiger partial charge in [0.2, 0.25) is 0 Å². The van der Waals surface area contributed by atoms with Gasteiger partial charge in [0.25, 0.3) is 0 Å². The summed E-state index contributed by atoms with van der Waals surface area (Å²) in [6.07, 6.45) is 5.11. The average molecular weight is 287 g/mol. The second kappa shape index (κ2) is 7.03. The van der Waals surface area contributed by atoms with Crippen molar-refractivity contribution in [3.63, 3.8) is 0 Å². The second-order valence-corrected chi connectivity index (χ2v) is 5.49. The zero-order valence-electron chi connectivity index (χ0n) is 11.1. The number of furan rings is 1. The molecule has 0 aliphatic rings. The quantitative estimate of drug-likeness (QED) is 0.790. The van der Waals surface area contributed by atoms with Crippen molar-refractivity contribution < 1.29 is 8.63 Å². The van der Waals surface area contributed by atoms with Gasteiger partial charge in [-0.3, -0.25) is 0 Å². The third-order valence-electron chi connectivity index (χ3n) is 2.97. The normalized spacial score (nSPS) is 13.8. The molecule has 1 unspecified atom stereocenters. The maximum Gasteiger partial charge on any atom is 0.125 e. The fraction of sp³-hybridized carbons (Fsp3) is 0.125. The summed E-state index contributed by atoms with van der Waals surface area (Å²) in [5.41, 5.74) is 0. The zero-order valence-corrected chi connectivity index (χ0v) is 11.9. The minimum atomic E-state index is -1.33. The van der Waals surface area contributed by atoms with Crippen LogP contribution in [0, 0.1) is 5.92 Å². The van der Waals surface area contributed by atoms with E-state index in [9.17, 15) is 4.21 Å². The summed E-state index contributed by atoms with van der Waals surface area (Å²) >= 11 is 0. The standard InChI is InChI=1S/C16H17NO2S/c1-3-13(4-2)16(15-11-8-12-19-15)17-20(18)14-9-6-5-7-10-14/h3-13,16-17H,1-2H2/t16-,20?/m1/s1. The molecule has 0 bridgehead atoms. The molecule has 0 spiro atoms. The van der Waals surface area contributed by atoms with Crippen molar-refractivity contribution in [2.75, 3.05) is 0 Å². The Hall–Kier alpha value is -1.91. The molecule has 1 N–H and O–H groups in total. The molecule has 0 amide bonds. The number of hydrogen-bond donors (Lipinski definition) is 1. The number of hydrogen-bond acceptors (Lipinski definition) is 2.